The number of H-pyrrole nitrogens is 1. The van der Waals surface area contributed by atoms with Gasteiger partial charge in [-0.2, -0.15) is 0 Å². The Kier molecular flexibility index (Phi) is 6.73. The highest BCUT2D eigenvalue weighted by Crippen LogP contribution is 2.48. The Labute approximate surface area is 219 Å². The summed E-state index contributed by atoms with van der Waals surface area (Å²) in [6, 6.07) is 16.8. The topological polar surface area (TPSA) is 139 Å². The average molecular weight is 514 g/mol. The van der Waals surface area contributed by atoms with E-state index in [0.29, 0.717) is 36.2 Å². The lowest BCUT2D eigenvalue weighted by Crippen LogP contribution is -2.36. The Morgan fingerprint density at radius 2 is 1.50 bits per heavy atom. The van der Waals surface area contributed by atoms with E-state index in [2.05, 4.69) is 31.3 Å². The lowest BCUT2D eigenvalue weighted by atomic mass is 9.67. The van der Waals surface area contributed by atoms with Gasteiger partial charge in [0.1, 0.15) is 5.82 Å². The predicted octanol–water partition coefficient (Wildman–Crippen LogP) is 2.58. The van der Waals surface area contributed by atoms with E-state index in [1.165, 1.54) is 12.1 Å². The summed E-state index contributed by atoms with van der Waals surface area (Å²) in [6.45, 7) is 0. The molecule has 5 N–H and O–H groups in total. The smallest absolute Gasteiger partial charge is 0.251 e. The Morgan fingerprint density at radius 1 is 0.947 bits per heavy atom. The highest BCUT2D eigenvalue weighted by atomic mass is 19.1. The summed E-state index contributed by atoms with van der Waals surface area (Å²) >= 11 is 0. The molecule has 0 spiro atoms. The number of aryl methyl sites for hydroxylation is 2. The van der Waals surface area contributed by atoms with Crippen LogP contribution in [0.5, 0.6) is 0 Å². The number of hydrogen-bond acceptors (Lipinski definition) is 6. The first kappa shape index (κ1) is 25.2. The third-order valence-corrected chi connectivity index (χ3v) is 7.35. The number of halogens is 1. The molecule has 1 heterocycles. The van der Waals surface area contributed by atoms with Crippen molar-refractivity contribution in [3.63, 3.8) is 0 Å². The van der Waals surface area contributed by atoms with Gasteiger partial charge in [-0.1, -0.05) is 24.3 Å². The van der Waals surface area contributed by atoms with E-state index in [9.17, 15) is 14.0 Å². The summed E-state index contributed by atoms with van der Waals surface area (Å²) in [4.78, 5) is 25.0. The molecule has 4 aromatic rings. The fraction of sp³-hybridized carbons (Fsp3) is 0.250. The third-order valence-electron chi connectivity index (χ3n) is 7.35. The van der Waals surface area contributed by atoms with Crippen molar-refractivity contribution in [1.29, 1.82) is 0 Å². The molecule has 194 valence electrons. The molecule has 0 saturated heterocycles. The van der Waals surface area contributed by atoms with Gasteiger partial charge in [0.2, 0.25) is 0 Å². The number of nitrogens with one attached hydrogen (secondary N) is 3. The van der Waals surface area contributed by atoms with Gasteiger partial charge < -0.3 is 16.4 Å². The van der Waals surface area contributed by atoms with Crippen LogP contribution in [0.3, 0.4) is 0 Å². The summed E-state index contributed by atoms with van der Waals surface area (Å²) in [7, 11) is 3.19. The lowest BCUT2D eigenvalue weighted by Gasteiger charge is -2.36. The molecule has 10 heteroatoms. The van der Waals surface area contributed by atoms with Crippen molar-refractivity contribution < 1.29 is 14.0 Å². The molecule has 1 aromatic heterocycles. The first-order valence-electron chi connectivity index (χ1n) is 12.3. The third kappa shape index (κ3) is 4.32. The second-order valence-corrected chi connectivity index (χ2v) is 9.42. The summed E-state index contributed by atoms with van der Waals surface area (Å²) in [6.07, 6.45) is 1.59. The first-order valence-corrected chi connectivity index (χ1v) is 12.3. The van der Waals surface area contributed by atoms with Gasteiger partial charge in [0.25, 0.3) is 11.8 Å². The second-order valence-electron chi connectivity index (χ2n) is 9.42. The molecule has 0 unspecified atom stereocenters. The quantitative estimate of drug-likeness (QED) is 0.313. The van der Waals surface area contributed by atoms with Crippen LogP contribution in [0, 0.1) is 5.82 Å². The van der Waals surface area contributed by atoms with Gasteiger partial charge >= 0.3 is 0 Å². The number of fused-ring (bicyclic) bond motifs is 2. The van der Waals surface area contributed by atoms with Crippen molar-refractivity contribution in [3.05, 3.63) is 111 Å². The molecule has 1 atom stereocenters. The number of aromatic amines is 1. The zero-order valence-corrected chi connectivity index (χ0v) is 21.1. The number of carbonyl (C=O) groups is 2. The number of hydrogen-bond donors (Lipinski definition) is 4. The highest BCUT2D eigenvalue weighted by Gasteiger charge is 2.45. The molecule has 1 aliphatic carbocycles. The van der Waals surface area contributed by atoms with Crippen LogP contribution in [0.15, 0.2) is 60.7 Å². The van der Waals surface area contributed by atoms with Gasteiger partial charge in [0.15, 0.2) is 5.82 Å². The van der Waals surface area contributed by atoms with Crippen LogP contribution in [-0.2, 0) is 18.3 Å². The van der Waals surface area contributed by atoms with E-state index in [1.54, 1.807) is 38.4 Å². The molecule has 2 amide bonds. The molecule has 0 radical (unpaired) electrons. The van der Waals surface area contributed by atoms with Crippen molar-refractivity contribution in [1.82, 2.24) is 31.3 Å². The predicted molar refractivity (Wildman–Crippen MR) is 139 cm³/mol. The minimum Gasteiger partial charge on any atom is -0.355 e. The fourth-order valence-corrected chi connectivity index (χ4v) is 5.49. The number of tetrazole rings is 1. The number of nitrogens with zero attached hydrogens (tertiary/aromatic N) is 3. The molecule has 1 aliphatic rings. The van der Waals surface area contributed by atoms with E-state index in [4.69, 9.17) is 5.73 Å². The number of amides is 2. The van der Waals surface area contributed by atoms with Crippen LogP contribution in [0.4, 0.5) is 4.39 Å². The SMILES string of the molecule is CNC(=O)c1ccc2c(c1)CCc1cc(C(=O)NC)ccc1C2(C[C@H](N)c1ccc(F)cc1)c1nnn[nH]1. The molecule has 5 rings (SSSR count). The molecule has 0 bridgehead atoms. The molecule has 0 fully saturated rings. The molecule has 38 heavy (non-hydrogen) atoms. The number of rotatable bonds is 6. The van der Waals surface area contributed by atoms with Crippen molar-refractivity contribution in [2.24, 2.45) is 5.73 Å². The second kappa shape index (κ2) is 10.1. The van der Waals surface area contributed by atoms with Gasteiger partial charge in [-0.05, 0) is 93.9 Å². The minimum atomic E-state index is -0.944. The summed E-state index contributed by atoms with van der Waals surface area (Å²) in [5.41, 5.74) is 11.4. The molecule has 9 nitrogen and oxygen atoms in total. The van der Waals surface area contributed by atoms with Gasteiger partial charge in [-0.25, -0.2) is 9.49 Å². The standard InChI is InChI=1S/C28H28FN7O2/c1-31-25(37)19-7-11-22-17(13-19)3-4-18-14-20(26(38)32-2)8-12-23(18)28(22,27-33-35-36-34-27)15-24(30)16-5-9-21(29)10-6-16/h5-14,24H,3-4,15,30H2,1-2H3,(H,31,37)(H,32,38)(H,33,34,35,36)/t24-/m0/s1. The van der Waals surface area contributed by atoms with E-state index in [1.807, 2.05) is 24.3 Å². The Balaban J connectivity index is 1.77. The van der Waals surface area contributed by atoms with Crippen LogP contribution in [0.1, 0.15) is 66.8 Å². The zero-order chi connectivity index (χ0) is 26.9. The van der Waals surface area contributed by atoms with Crippen molar-refractivity contribution in [2.45, 2.75) is 30.7 Å². The normalized spacial score (nSPS) is 14.5. The average Bonchev–Trinajstić information content (AvgIpc) is 3.45. The highest BCUT2D eigenvalue weighted by molar-refractivity contribution is 5.95. The van der Waals surface area contributed by atoms with Crippen LogP contribution in [0.2, 0.25) is 0 Å². The molecule has 3 aromatic carbocycles. The van der Waals surface area contributed by atoms with Crippen LogP contribution < -0.4 is 16.4 Å². The Bertz CT molecular complexity index is 1420. The van der Waals surface area contributed by atoms with Crippen LogP contribution >= 0.6 is 0 Å². The number of carbonyl (C=O) groups excluding carboxylic acids is 2. The Hall–Kier alpha value is -4.44. The number of benzene rings is 3. The van der Waals surface area contributed by atoms with E-state index < -0.39 is 11.5 Å². The van der Waals surface area contributed by atoms with Crippen molar-refractivity contribution in [3.8, 4) is 0 Å². The van der Waals surface area contributed by atoms with Gasteiger partial charge in [-0.3, -0.25) is 9.59 Å². The molecule has 0 aliphatic heterocycles. The lowest BCUT2D eigenvalue weighted by molar-refractivity contribution is 0.0955. The van der Waals surface area contributed by atoms with Gasteiger partial charge in [0, 0.05) is 31.3 Å². The molecular formula is C28H28FN7O2. The molecule has 0 saturated carbocycles. The maximum Gasteiger partial charge on any atom is 0.251 e. The first-order chi connectivity index (χ1) is 18.4. The largest absolute Gasteiger partial charge is 0.355 e. The molecular weight excluding hydrogens is 485 g/mol. The van der Waals surface area contributed by atoms with Gasteiger partial charge in [0.05, 0.1) is 5.41 Å². The number of nitrogens with two attached hydrogens (primary N) is 1. The zero-order valence-electron chi connectivity index (χ0n) is 21.1. The van der Waals surface area contributed by atoms with Crippen molar-refractivity contribution in [2.75, 3.05) is 14.1 Å². The summed E-state index contributed by atoms with van der Waals surface area (Å²) < 4.78 is 13.7. The van der Waals surface area contributed by atoms with E-state index in [-0.39, 0.29) is 17.6 Å². The fourth-order valence-electron chi connectivity index (χ4n) is 5.49. The van der Waals surface area contributed by atoms with Crippen molar-refractivity contribution >= 4 is 11.8 Å². The Morgan fingerprint density at radius 3 is 1.97 bits per heavy atom. The maximum atomic E-state index is 13.7. The van der Waals surface area contributed by atoms with Gasteiger partial charge in [-0.15, -0.1) is 5.10 Å². The van der Waals surface area contributed by atoms with Crippen LogP contribution in [-0.4, -0.2) is 46.5 Å². The van der Waals surface area contributed by atoms with Crippen LogP contribution in [0.25, 0.3) is 0 Å². The van der Waals surface area contributed by atoms with E-state index in [0.717, 1.165) is 27.8 Å². The van der Waals surface area contributed by atoms with E-state index >= 15 is 0 Å². The maximum absolute atomic E-state index is 13.7. The summed E-state index contributed by atoms with van der Waals surface area (Å²) in [5, 5.41) is 20.5. The minimum absolute atomic E-state index is 0.189. The number of aromatic nitrogens is 4. The summed E-state index contributed by atoms with van der Waals surface area (Å²) in [5.74, 6) is -0.235. The monoisotopic (exact) mass is 513 g/mol.